The Morgan fingerprint density at radius 3 is 0.947 bits per heavy atom. The van der Waals surface area contributed by atoms with Crippen molar-refractivity contribution >= 4 is 0 Å². The number of rotatable bonds is 12. The molecule has 0 aliphatic heterocycles. The number of unbranched alkanes of at least 4 members (excludes halogenated alkanes) is 9. The third-order valence-corrected chi connectivity index (χ3v) is 3.03. The molecule has 19 heavy (non-hydrogen) atoms. The molecule has 0 spiro atoms. The van der Waals surface area contributed by atoms with Crippen LogP contribution in [0.4, 0.5) is 0 Å². The smallest absolute Gasteiger partial charge is 0.0134 e. The molecule has 4 nitrogen and oxygen atoms in total. The van der Waals surface area contributed by atoms with Gasteiger partial charge in [0.05, 0.1) is 0 Å². The van der Waals surface area contributed by atoms with Crippen LogP contribution in [0.1, 0.15) is 71.1 Å². The Bertz CT molecular complexity index is 128. The van der Waals surface area contributed by atoms with Gasteiger partial charge in [-0.2, -0.15) is 0 Å². The van der Waals surface area contributed by atoms with Crippen molar-refractivity contribution in [3.63, 3.8) is 0 Å². The van der Waals surface area contributed by atoms with Crippen molar-refractivity contribution in [2.45, 2.75) is 77.2 Å². The van der Waals surface area contributed by atoms with Gasteiger partial charge in [0.1, 0.15) is 0 Å². The topological polar surface area (TPSA) is 104 Å². The highest BCUT2D eigenvalue weighted by atomic mass is 14.7. The summed E-state index contributed by atoms with van der Waals surface area (Å²) >= 11 is 0. The molecule has 0 bridgehead atoms. The Balaban J connectivity index is 0. The lowest BCUT2D eigenvalue weighted by molar-refractivity contribution is 0.554. The molecule has 118 valence electrons. The van der Waals surface area contributed by atoms with E-state index in [4.69, 9.17) is 22.9 Å². The first-order chi connectivity index (χ1) is 9.18. The average molecular weight is 274 g/mol. The molecule has 0 aliphatic rings. The maximum absolute atomic E-state index is 5.43. The zero-order valence-corrected chi connectivity index (χ0v) is 13.1. The van der Waals surface area contributed by atoms with E-state index in [-0.39, 0.29) is 6.04 Å². The van der Waals surface area contributed by atoms with Crippen LogP contribution >= 0.6 is 0 Å². The second-order valence-corrected chi connectivity index (χ2v) is 5.33. The summed E-state index contributed by atoms with van der Waals surface area (Å²) in [5.41, 5.74) is 21.1. The van der Waals surface area contributed by atoms with Gasteiger partial charge < -0.3 is 22.9 Å². The van der Waals surface area contributed by atoms with E-state index in [2.05, 4.69) is 0 Å². The molecular formula is C15H38N4. The van der Waals surface area contributed by atoms with E-state index in [1.807, 2.05) is 6.92 Å². The maximum Gasteiger partial charge on any atom is 0.0134 e. The molecule has 8 N–H and O–H groups in total. The lowest BCUT2D eigenvalue weighted by Crippen LogP contribution is -2.25. The molecule has 0 saturated heterocycles. The maximum atomic E-state index is 5.43. The molecule has 0 aromatic heterocycles. The van der Waals surface area contributed by atoms with Crippen LogP contribution in [0.15, 0.2) is 0 Å². The summed E-state index contributed by atoms with van der Waals surface area (Å²) in [4.78, 5) is 0. The van der Waals surface area contributed by atoms with Crippen LogP contribution < -0.4 is 22.9 Å². The third-order valence-electron chi connectivity index (χ3n) is 3.03. The van der Waals surface area contributed by atoms with Gasteiger partial charge >= 0.3 is 0 Å². The predicted molar refractivity (Wildman–Crippen MR) is 87.0 cm³/mol. The Labute approximate surface area is 120 Å². The fraction of sp³-hybridized carbons (Fsp3) is 1.00. The van der Waals surface area contributed by atoms with Crippen molar-refractivity contribution in [1.82, 2.24) is 0 Å². The van der Waals surface area contributed by atoms with E-state index < -0.39 is 0 Å². The monoisotopic (exact) mass is 274 g/mol. The van der Waals surface area contributed by atoms with Crippen LogP contribution in [0.3, 0.4) is 0 Å². The Kier molecular flexibility index (Phi) is 22.4. The normalized spacial score (nSPS) is 11.8. The number of nitrogens with two attached hydrogens (primary N) is 4. The number of hydrogen-bond donors (Lipinski definition) is 4. The standard InChI is InChI=1S/C12H28N2.C3H10N2/c13-11-9-7-5-3-1-2-4-6-8-10-12-14;1-3(5)2-4/h1-14H2;3H,2,4-5H2,1H3. The molecule has 0 aliphatic carbocycles. The molecule has 1 unspecified atom stereocenters. The van der Waals surface area contributed by atoms with Gasteiger partial charge in [0.15, 0.2) is 0 Å². The minimum Gasteiger partial charge on any atom is -0.330 e. The molecule has 0 radical (unpaired) electrons. The lowest BCUT2D eigenvalue weighted by atomic mass is 10.1. The van der Waals surface area contributed by atoms with Crippen molar-refractivity contribution in [3.8, 4) is 0 Å². The molecule has 0 aromatic rings. The van der Waals surface area contributed by atoms with Crippen LogP contribution in [0.5, 0.6) is 0 Å². The summed E-state index contributed by atoms with van der Waals surface area (Å²) in [6.07, 6.45) is 13.4. The van der Waals surface area contributed by atoms with Crippen LogP contribution in [0, 0.1) is 0 Å². The second-order valence-electron chi connectivity index (χ2n) is 5.33. The van der Waals surface area contributed by atoms with E-state index in [1.165, 1.54) is 64.2 Å². The highest BCUT2D eigenvalue weighted by Gasteiger charge is 1.91. The lowest BCUT2D eigenvalue weighted by Gasteiger charge is -2.01. The fourth-order valence-electron chi connectivity index (χ4n) is 1.70. The van der Waals surface area contributed by atoms with Gasteiger partial charge in [-0.15, -0.1) is 0 Å². The molecule has 0 heterocycles. The fourth-order valence-corrected chi connectivity index (χ4v) is 1.70. The van der Waals surface area contributed by atoms with E-state index >= 15 is 0 Å². The van der Waals surface area contributed by atoms with Gasteiger partial charge in [-0.25, -0.2) is 0 Å². The summed E-state index contributed by atoms with van der Waals surface area (Å²) in [5, 5.41) is 0. The zero-order valence-electron chi connectivity index (χ0n) is 13.1. The van der Waals surface area contributed by atoms with E-state index in [0.717, 1.165) is 13.1 Å². The molecule has 1 atom stereocenters. The van der Waals surface area contributed by atoms with Crippen LogP contribution in [-0.4, -0.2) is 25.7 Å². The SMILES string of the molecule is CC(N)CN.NCCCCCCCCCCCCN. The second kappa shape index (κ2) is 20.2. The van der Waals surface area contributed by atoms with E-state index in [9.17, 15) is 0 Å². The molecule has 0 rings (SSSR count). The zero-order chi connectivity index (χ0) is 14.8. The summed E-state index contributed by atoms with van der Waals surface area (Å²) in [5.74, 6) is 0. The minimum absolute atomic E-state index is 0.162. The van der Waals surface area contributed by atoms with Crippen LogP contribution in [0.2, 0.25) is 0 Å². The molecule has 0 fully saturated rings. The quantitative estimate of drug-likeness (QED) is 0.409. The molecular weight excluding hydrogens is 236 g/mol. The van der Waals surface area contributed by atoms with Gasteiger partial charge in [0.2, 0.25) is 0 Å². The molecule has 0 amide bonds. The van der Waals surface area contributed by atoms with Gasteiger partial charge in [0, 0.05) is 12.6 Å². The van der Waals surface area contributed by atoms with Crippen molar-refractivity contribution in [3.05, 3.63) is 0 Å². The molecule has 4 heteroatoms. The first kappa shape index (κ1) is 21.1. The summed E-state index contributed by atoms with van der Waals surface area (Å²) in [6.45, 7) is 4.18. The first-order valence-electron chi connectivity index (χ1n) is 8.04. The van der Waals surface area contributed by atoms with E-state index in [0.29, 0.717) is 6.54 Å². The van der Waals surface area contributed by atoms with Gasteiger partial charge in [-0.1, -0.05) is 51.4 Å². The van der Waals surface area contributed by atoms with Gasteiger partial charge in [-0.3, -0.25) is 0 Å². The van der Waals surface area contributed by atoms with Crippen molar-refractivity contribution in [2.24, 2.45) is 22.9 Å². The summed E-state index contributed by atoms with van der Waals surface area (Å²) in [6, 6.07) is 0.162. The molecule has 0 saturated carbocycles. The van der Waals surface area contributed by atoms with Gasteiger partial charge in [0.25, 0.3) is 0 Å². The van der Waals surface area contributed by atoms with E-state index in [1.54, 1.807) is 0 Å². The van der Waals surface area contributed by atoms with Crippen molar-refractivity contribution < 1.29 is 0 Å². The molecule has 0 aromatic carbocycles. The van der Waals surface area contributed by atoms with Gasteiger partial charge in [-0.05, 0) is 32.9 Å². The largest absolute Gasteiger partial charge is 0.330 e. The highest BCUT2D eigenvalue weighted by molar-refractivity contribution is 4.49. The Morgan fingerprint density at radius 1 is 0.579 bits per heavy atom. The van der Waals surface area contributed by atoms with Crippen molar-refractivity contribution in [1.29, 1.82) is 0 Å². The summed E-state index contributed by atoms with van der Waals surface area (Å²) < 4.78 is 0. The highest BCUT2D eigenvalue weighted by Crippen LogP contribution is 2.09. The minimum atomic E-state index is 0.162. The Hall–Kier alpha value is -0.160. The summed E-state index contributed by atoms with van der Waals surface area (Å²) in [7, 11) is 0. The van der Waals surface area contributed by atoms with Crippen LogP contribution in [0.25, 0.3) is 0 Å². The predicted octanol–water partition coefficient (Wildman–Crippen LogP) is 2.10. The average Bonchev–Trinajstić information content (AvgIpc) is 2.41. The third kappa shape index (κ3) is 27.2. The Morgan fingerprint density at radius 2 is 0.789 bits per heavy atom. The first-order valence-corrected chi connectivity index (χ1v) is 8.04. The number of hydrogen-bond acceptors (Lipinski definition) is 4. The van der Waals surface area contributed by atoms with Crippen molar-refractivity contribution in [2.75, 3.05) is 19.6 Å². The van der Waals surface area contributed by atoms with Crippen LogP contribution in [-0.2, 0) is 0 Å².